The molecule has 176 valence electrons. The Hall–Kier alpha value is -3.37. The Balaban J connectivity index is 2.19. The summed E-state index contributed by atoms with van der Waals surface area (Å²) in [4.78, 5) is 35.6. The Labute approximate surface area is 191 Å². The molecule has 0 radical (unpaired) electrons. The van der Waals surface area contributed by atoms with Gasteiger partial charge >= 0.3 is 0 Å². The van der Waals surface area contributed by atoms with E-state index in [0.717, 1.165) is 16.4 Å². The average Bonchev–Trinajstić information content (AvgIpc) is 2.74. The summed E-state index contributed by atoms with van der Waals surface area (Å²) in [6.07, 6.45) is 1.35. The summed E-state index contributed by atoms with van der Waals surface area (Å²) in [6.45, 7) is 0. The van der Waals surface area contributed by atoms with E-state index in [1.165, 1.54) is 44.4 Å². The summed E-state index contributed by atoms with van der Waals surface area (Å²) in [6, 6.07) is 8.10. The fourth-order valence-corrected chi connectivity index (χ4v) is 3.82. The zero-order chi connectivity index (χ0) is 24.8. The molecule has 0 bridgehead atoms. The maximum absolute atomic E-state index is 13.9. The summed E-state index contributed by atoms with van der Waals surface area (Å²) in [5.74, 6) is -2.86. The Morgan fingerprint density at radius 3 is 2.33 bits per heavy atom. The van der Waals surface area contributed by atoms with Crippen LogP contribution in [-0.2, 0) is 32.5 Å². The SMILES string of the molecule is CNc1cc(F)cc(/C(O)=C/C(=O)Cc2ccc(C(=O)CS(=O)(=O)N(C)C)cc2)c1CC=O. The smallest absolute Gasteiger partial charge is 0.221 e. The van der Waals surface area contributed by atoms with E-state index in [2.05, 4.69) is 5.32 Å². The monoisotopic (exact) mass is 476 g/mol. The number of benzene rings is 2. The highest BCUT2D eigenvalue weighted by atomic mass is 32.2. The van der Waals surface area contributed by atoms with E-state index < -0.39 is 38.9 Å². The quantitative estimate of drug-likeness (QED) is 0.221. The van der Waals surface area contributed by atoms with Gasteiger partial charge in [-0.1, -0.05) is 24.3 Å². The Kier molecular flexibility index (Phi) is 8.61. The lowest BCUT2D eigenvalue weighted by atomic mass is 9.99. The molecule has 2 N–H and O–H groups in total. The number of hydrogen-bond acceptors (Lipinski definition) is 7. The molecule has 0 atom stereocenters. The molecule has 0 aromatic heterocycles. The molecule has 0 saturated carbocycles. The fourth-order valence-electron chi connectivity index (χ4n) is 3.06. The van der Waals surface area contributed by atoms with E-state index in [0.29, 0.717) is 23.1 Å². The second kappa shape index (κ2) is 11.0. The normalized spacial score (nSPS) is 12.0. The van der Waals surface area contributed by atoms with Gasteiger partial charge in [0, 0.05) is 56.9 Å². The number of carbonyl (C=O) groups excluding carboxylic acids is 3. The van der Waals surface area contributed by atoms with Gasteiger partial charge in [-0.3, -0.25) is 9.59 Å². The van der Waals surface area contributed by atoms with Crippen molar-refractivity contribution in [2.75, 3.05) is 32.2 Å². The molecule has 0 aliphatic heterocycles. The molecule has 33 heavy (non-hydrogen) atoms. The lowest BCUT2D eigenvalue weighted by Gasteiger charge is -2.13. The van der Waals surface area contributed by atoms with Crippen LogP contribution in [0, 0.1) is 5.82 Å². The summed E-state index contributed by atoms with van der Waals surface area (Å²) in [7, 11) is 0.533. The van der Waals surface area contributed by atoms with Crippen molar-refractivity contribution in [2.24, 2.45) is 0 Å². The number of aliphatic hydroxyl groups is 1. The molecule has 0 heterocycles. The maximum Gasteiger partial charge on any atom is 0.221 e. The number of anilines is 1. The molecule has 0 spiro atoms. The van der Waals surface area contributed by atoms with Crippen LogP contribution in [0.15, 0.2) is 42.5 Å². The molecule has 0 fully saturated rings. The molecule has 2 aromatic carbocycles. The number of nitrogens with zero attached hydrogens (tertiary/aromatic N) is 1. The molecule has 8 nitrogen and oxygen atoms in total. The van der Waals surface area contributed by atoms with Gasteiger partial charge in [-0.05, 0) is 23.3 Å². The van der Waals surface area contributed by atoms with E-state index in [4.69, 9.17) is 0 Å². The van der Waals surface area contributed by atoms with E-state index in [1.807, 2.05) is 0 Å². The molecule has 2 rings (SSSR count). The van der Waals surface area contributed by atoms with Crippen molar-refractivity contribution in [1.29, 1.82) is 0 Å². The first-order chi connectivity index (χ1) is 15.5. The number of halogens is 1. The van der Waals surface area contributed by atoms with Gasteiger partial charge in [0.05, 0.1) is 0 Å². The van der Waals surface area contributed by atoms with Crippen molar-refractivity contribution >= 4 is 39.3 Å². The minimum atomic E-state index is -3.69. The van der Waals surface area contributed by atoms with Crippen LogP contribution in [-0.4, -0.2) is 62.6 Å². The summed E-state index contributed by atoms with van der Waals surface area (Å²) < 4.78 is 38.6. The van der Waals surface area contributed by atoms with E-state index >= 15 is 0 Å². The predicted molar refractivity (Wildman–Crippen MR) is 123 cm³/mol. The van der Waals surface area contributed by atoms with Crippen molar-refractivity contribution in [1.82, 2.24) is 4.31 Å². The largest absolute Gasteiger partial charge is 0.507 e. The van der Waals surface area contributed by atoms with E-state index in [9.17, 15) is 32.3 Å². The van der Waals surface area contributed by atoms with Crippen LogP contribution in [0.4, 0.5) is 10.1 Å². The van der Waals surface area contributed by atoms with E-state index in [-0.39, 0.29) is 24.0 Å². The number of rotatable bonds is 11. The summed E-state index contributed by atoms with van der Waals surface area (Å²) in [5, 5.41) is 13.2. The lowest BCUT2D eigenvalue weighted by molar-refractivity contribution is -0.114. The molecule has 0 amide bonds. The molecule has 0 aliphatic rings. The van der Waals surface area contributed by atoms with Crippen molar-refractivity contribution in [2.45, 2.75) is 12.8 Å². The average molecular weight is 477 g/mol. The standard InChI is InChI=1S/C23H25FN2O6S/c1-25-21-12-17(24)11-20(19(21)8-9-27)22(29)13-18(28)10-15-4-6-16(7-5-15)23(30)14-33(31,32)26(2)3/h4-7,9,11-13,25,29H,8,10,14H2,1-3H3/b22-13-. The van der Waals surface area contributed by atoms with Crippen molar-refractivity contribution < 1.29 is 32.3 Å². The summed E-state index contributed by atoms with van der Waals surface area (Å²) in [5.41, 5.74) is 1.42. The molecule has 0 saturated heterocycles. The van der Waals surface area contributed by atoms with Gasteiger partial charge in [0.1, 0.15) is 23.6 Å². The number of nitrogens with one attached hydrogen (secondary N) is 1. The number of carbonyl (C=O) groups is 3. The lowest BCUT2D eigenvalue weighted by Crippen LogP contribution is -2.29. The van der Waals surface area contributed by atoms with Gasteiger partial charge in [-0.2, -0.15) is 0 Å². The van der Waals surface area contributed by atoms with Crippen LogP contribution in [0.5, 0.6) is 0 Å². The van der Waals surface area contributed by atoms with Gasteiger partial charge < -0.3 is 15.2 Å². The molecule has 0 aliphatic carbocycles. The number of hydrogen-bond donors (Lipinski definition) is 2. The van der Waals surface area contributed by atoms with Gasteiger partial charge in [0.25, 0.3) is 0 Å². The first-order valence-electron chi connectivity index (χ1n) is 9.88. The second-order valence-electron chi connectivity index (χ2n) is 7.43. The first kappa shape index (κ1) is 25.9. The minimum absolute atomic E-state index is 0.0304. The van der Waals surface area contributed by atoms with Gasteiger partial charge in [-0.25, -0.2) is 17.1 Å². The number of aldehydes is 1. The van der Waals surface area contributed by atoms with Crippen LogP contribution in [0.25, 0.3) is 5.76 Å². The third-order valence-corrected chi connectivity index (χ3v) is 6.61. The highest BCUT2D eigenvalue weighted by Gasteiger charge is 2.20. The maximum atomic E-state index is 13.9. The predicted octanol–water partition coefficient (Wildman–Crippen LogP) is 2.39. The van der Waals surface area contributed by atoms with Crippen molar-refractivity contribution in [3.8, 4) is 0 Å². The second-order valence-corrected chi connectivity index (χ2v) is 9.61. The number of allylic oxidation sites excluding steroid dienone is 1. The van der Waals surface area contributed by atoms with Crippen LogP contribution in [0.3, 0.4) is 0 Å². The van der Waals surface area contributed by atoms with Crippen LogP contribution < -0.4 is 5.32 Å². The minimum Gasteiger partial charge on any atom is -0.507 e. The third-order valence-electron chi connectivity index (χ3n) is 4.87. The Bertz CT molecular complexity index is 1190. The number of ketones is 2. The van der Waals surface area contributed by atoms with Crippen LogP contribution in [0.2, 0.25) is 0 Å². The fraction of sp³-hybridized carbons (Fsp3) is 0.261. The molecular weight excluding hydrogens is 451 g/mol. The molecule has 10 heteroatoms. The highest BCUT2D eigenvalue weighted by molar-refractivity contribution is 7.89. The van der Waals surface area contributed by atoms with Gasteiger partial charge in [0.2, 0.25) is 10.0 Å². The van der Waals surface area contributed by atoms with Crippen molar-refractivity contribution in [3.63, 3.8) is 0 Å². The van der Waals surface area contributed by atoms with E-state index in [1.54, 1.807) is 7.05 Å². The topological polar surface area (TPSA) is 121 Å². The number of Topliss-reactive ketones (excluding diaryl/α,β-unsaturated/α-hetero) is 1. The Morgan fingerprint density at radius 2 is 1.79 bits per heavy atom. The molecule has 0 unspecified atom stereocenters. The highest BCUT2D eigenvalue weighted by Crippen LogP contribution is 2.27. The molecular formula is C23H25FN2O6S. The number of sulfonamides is 1. The summed E-state index contributed by atoms with van der Waals surface area (Å²) >= 11 is 0. The van der Waals surface area contributed by atoms with Crippen LogP contribution >= 0.6 is 0 Å². The van der Waals surface area contributed by atoms with Gasteiger partial charge in [-0.15, -0.1) is 0 Å². The molecule has 2 aromatic rings. The number of aliphatic hydroxyl groups excluding tert-OH is 1. The van der Waals surface area contributed by atoms with Crippen molar-refractivity contribution in [3.05, 3.63) is 70.5 Å². The van der Waals surface area contributed by atoms with Crippen LogP contribution in [0.1, 0.15) is 27.0 Å². The Morgan fingerprint density at radius 1 is 1.15 bits per heavy atom. The van der Waals surface area contributed by atoms with Gasteiger partial charge in [0.15, 0.2) is 11.6 Å². The zero-order valence-corrected chi connectivity index (χ0v) is 19.3. The first-order valence-corrected chi connectivity index (χ1v) is 11.5. The zero-order valence-electron chi connectivity index (χ0n) is 18.5. The third kappa shape index (κ3) is 6.80.